The van der Waals surface area contributed by atoms with Crippen molar-refractivity contribution in [3.63, 3.8) is 0 Å². The van der Waals surface area contributed by atoms with Gasteiger partial charge in [-0.05, 0) is 42.0 Å². The minimum absolute atomic E-state index is 0.136. The predicted octanol–water partition coefficient (Wildman–Crippen LogP) is 1.43. The first kappa shape index (κ1) is 16.4. The second kappa shape index (κ2) is 7.43. The first-order valence-corrected chi connectivity index (χ1v) is 7.37. The molecule has 0 aromatic heterocycles. The maximum absolute atomic E-state index is 13.0. The molecule has 1 aliphatic rings. The van der Waals surface area contributed by atoms with Crippen molar-refractivity contribution in [1.82, 2.24) is 10.7 Å². The van der Waals surface area contributed by atoms with Crippen molar-refractivity contribution in [1.29, 1.82) is 0 Å². The first-order chi connectivity index (χ1) is 12.1. The van der Waals surface area contributed by atoms with Gasteiger partial charge in [0.25, 0.3) is 11.8 Å². The second-order valence-electron chi connectivity index (χ2n) is 5.10. The number of hydrogen-bond acceptors (Lipinski definition) is 5. The average Bonchev–Trinajstić information content (AvgIpc) is 3.07. The number of hydrogen-bond donors (Lipinski definition) is 2. The van der Waals surface area contributed by atoms with Crippen LogP contribution in [0.2, 0.25) is 0 Å². The number of carbonyl (C=O) groups excluding carboxylic acids is 2. The molecule has 1 heterocycles. The molecule has 8 heteroatoms. The van der Waals surface area contributed by atoms with E-state index in [4.69, 9.17) is 9.47 Å². The minimum Gasteiger partial charge on any atom is -0.454 e. The molecule has 2 N–H and O–H groups in total. The number of nitrogens with one attached hydrogen (secondary N) is 2. The normalized spacial score (nSPS) is 12.2. The number of hydrazone groups is 1. The van der Waals surface area contributed by atoms with E-state index in [0.29, 0.717) is 17.1 Å². The topological polar surface area (TPSA) is 89.0 Å². The lowest BCUT2D eigenvalue weighted by Crippen LogP contribution is -2.34. The Hall–Kier alpha value is -3.42. The zero-order chi connectivity index (χ0) is 17.6. The van der Waals surface area contributed by atoms with Crippen molar-refractivity contribution in [3.05, 3.63) is 59.4 Å². The Morgan fingerprint density at radius 2 is 2.00 bits per heavy atom. The molecule has 0 atom stereocenters. The molecule has 0 unspecified atom stereocenters. The van der Waals surface area contributed by atoms with E-state index in [2.05, 4.69) is 15.8 Å². The quantitative estimate of drug-likeness (QED) is 0.635. The highest BCUT2D eigenvalue weighted by Gasteiger charge is 2.12. The molecular formula is C17H14FN3O4. The number of nitrogens with zero attached hydrogens (tertiary/aromatic N) is 1. The Labute approximate surface area is 142 Å². The number of benzene rings is 2. The lowest BCUT2D eigenvalue weighted by atomic mass is 10.2. The summed E-state index contributed by atoms with van der Waals surface area (Å²) in [4.78, 5) is 23.4. The number of rotatable bonds is 5. The van der Waals surface area contributed by atoms with Crippen molar-refractivity contribution >= 4 is 18.0 Å². The Bertz CT molecular complexity index is 838. The summed E-state index contributed by atoms with van der Waals surface area (Å²) in [6.07, 6.45) is 1.44. The molecule has 0 spiro atoms. The van der Waals surface area contributed by atoms with Gasteiger partial charge in [0.1, 0.15) is 5.82 Å². The largest absolute Gasteiger partial charge is 0.454 e. The summed E-state index contributed by atoms with van der Waals surface area (Å²) in [5.41, 5.74) is 3.14. The van der Waals surface area contributed by atoms with Crippen LogP contribution in [0.3, 0.4) is 0 Å². The summed E-state index contributed by atoms with van der Waals surface area (Å²) in [7, 11) is 0. The fourth-order valence-electron chi connectivity index (χ4n) is 2.10. The maximum atomic E-state index is 13.0. The zero-order valence-electron chi connectivity index (χ0n) is 13.0. The Kier molecular flexibility index (Phi) is 4.89. The van der Waals surface area contributed by atoms with E-state index in [9.17, 15) is 14.0 Å². The SMILES string of the molecule is O=C(CNC(=O)c1cccc(F)c1)N/N=C/c1ccc2c(c1)OCO2. The molecule has 0 aliphatic carbocycles. The number of ether oxygens (including phenoxy) is 2. The van der Waals surface area contributed by atoms with Gasteiger partial charge < -0.3 is 14.8 Å². The summed E-state index contributed by atoms with van der Waals surface area (Å²) in [6.45, 7) is -0.106. The molecule has 0 radical (unpaired) electrons. The predicted molar refractivity (Wildman–Crippen MR) is 87.0 cm³/mol. The molecule has 2 aromatic carbocycles. The Balaban J connectivity index is 1.47. The lowest BCUT2D eigenvalue weighted by Gasteiger charge is -2.04. The van der Waals surface area contributed by atoms with Crippen molar-refractivity contribution < 1.29 is 23.5 Å². The molecule has 0 saturated carbocycles. The van der Waals surface area contributed by atoms with E-state index < -0.39 is 17.6 Å². The lowest BCUT2D eigenvalue weighted by molar-refractivity contribution is -0.120. The number of fused-ring (bicyclic) bond motifs is 1. The number of halogens is 1. The van der Waals surface area contributed by atoms with E-state index in [1.54, 1.807) is 18.2 Å². The van der Waals surface area contributed by atoms with Gasteiger partial charge in [-0.2, -0.15) is 5.10 Å². The molecule has 7 nitrogen and oxygen atoms in total. The summed E-state index contributed by atoms with van der Waals surface area (Å²) in [5, 5.41) is 6.18. The molecular weight excluding hydrogens is 329 g/mol. The van der Waals surface area contributed by atoms with Crippen molar-refractivity contribution in [2.24, 2.45) is 5.10 Å². The first-order valence-electron chi connectivity index (χ1n) is 7.37. The van der Waals surface area contributed by atoms with E-state index in [1.165, 1.54) is 24.4 Å². The maximum Gasteiger partial charge on any atom is 0.259 e. The van der Waals surface area contributed by atoms with Gasteiger partial charge >= 0.3 is 0 Å². The zero-order valence-corrected chi connectivity index (χ0v) is 13.0. The highest BCUT2D eigenvalue weighted by atomic mass is 19.1. The van der Waals surface area contributed by atoms with Crippen LogP contribution in [0.1, 0.15) is 15.9 Å². The highest BCUT2D eigenvalue weighted by molar-refractivity contribution is 5.96. The van der Waals surface area contributed by atoms with Gasteiger partial charge in [0.15, 0.2) is 11.5 Å². The fourth-order valence-corrected chi connectivity index (χ4v) is 2.10. The van der Waals surface area contributed by atoms with Crippen molar-refractivity contribution in [2.75, 3.05) is 13.3 Å². The molecule has 0 saturated heterocycles. The van der Waals surface area contributed by atoms with Crippen LogP contribution < -0.4 is 20.2 Å². The van der Waals surface area contributed by atoms with Gasteiger partial charge in [0.2, 0.25) is 6.79 Å². The number of amides is 2. The molecule has 0 fully saturated rings. The highest BCUT2D eigenvalue weighted by Crippen LogP contribution is 2.31. The van der Waals surface area contributed by atoms with Crippen LogP contribution in [0, 0.1) is 5.82 Å². The summed E-state index contributed by atoms with van der Waals surface area (Å²) in [6, 6.07) is 10.4. The van der Waals surface area contributed by atoms with Crippen molar-refractivity contribution in [2.45, 2.75) is 0 Å². The van der Waals surface area contributed by atoms with Gasteiger partial charge in [-0.3, -0.25) is 9.59 Å². The van der Waals surface area contributed by atoms with Crippen LogP contribution >= 0.6 is 0 Å². The van der Waals surface area contributed by atoms with Crippen LogP contribution in [-0.4, -0.2) is 31.4 Å². The molecule has 128 valence electrons. The molecule has 2 aromatic rings. The van der Waals surface area contributed by atoms with Gasteiger partial charge in [0, 0.05) is 5.56 Å². The number of carbonyl (C=O) groups is 2. The third-order valence-electron chi connectivity index (χ3n) is 3.30. The third kappa shape index (κ3) is 4.31. The molecule has 3 rings (SSSR count). The van der Waals surface area contributed by atoms with E-state index >= 15 is 0 Å². The summed E-state index contributed by atoms with van der Waals surface area (Å²) >= 11 is 0. The van der Waals surface area contributed by atoms with E-state index in [0.717, 1.165) is 6.07 Å². The minimum atomic E-state index is -0.547. The van der Waals surface area contributed by atoms with E-state index in [-0.39, 0.29) is 18.9 Å². The van der Waals surface area contributed by atoms with Crippen LogP contribution in [-0.2, 0) is 4.79 Å². The summed E-state index contributed by atoms with van der Waals surface area (Å²) < 4.78 is 23.5. The Morgan fingerprint density at radius 1 is 1.16 bits per heavy atom. The van der Waals surface area contributed by atoms with Gasteiger partial charge in [-0.1, -0.05) is 6.07 Å². The van der Waals surface area contributed by atoms with Gasteiger partial charge in [-0.15, -0.1) is 0 Å². The van der Waals surface area contributed by atoms with Gasteiger partial charge in [-0.25, -0.2) is 9.82 Å². The average molecular weight is 343 g/mol. The molecule has 1 aliphatic heterocycles. The Morgan fingerprint density at radius 3 is 2.84 bits per heavy atom. The fraction of sp³-hybridized carbons (Fsp3) is 0.118. The molecule has 2 amide bonds. The third-order valence-corrected chi connectivity index (χ3v) is 3.30. The monoisotopic (exact) mass is 343 g/mol. The molecule has 25 heavy (non-hydrogen) atoms. The van der Waals surface area contributed by atoms with Crippen LogP contribution in [0.4, 0.5) is 4.39 Å². The van der Waals surface area contributed by atoms with Crippen LogP contribution in [0.5, 0.6) is 11.5 Å². The smallest absolute Gasteiger partial charge is 0.259 e. The van der Waals surface area contributed by atoms with Crippen LogP contribution in [0.25, 0.3) is 0 Å². The second-order valence-corrected chi connectivity index (χ2v) is 5.10. The molecule has 0 bridgehead atoms. The van der Waals surface area contributed by atoms with Crippen LogP contribution in [0.15, 0.2) is 47.6 Å². The summed E-state index contributed by atoms with van der Waals surface area (Å²) in [5.74, 6) is -0.319. The standard InChI is InChI=1S/C17H14FN3O4/c18-13-3-1-2-12(7-13)17(23)19-9-16(22)21-20-8-11-4-5-14-15(6-11)25-10-24-14/h1-8H,9-10H2,(H,19,23)(H,21,22)/b20-8+. The van der Waals surface area contributed by atoms with Gasteiger partial charge in [0.05, 0.1) is 12.8 Å². The van der Waals surface area contributed by atoms with Crippen molar-refractivity contribution in [3.8, 4) is 11.5 Å². The van der Waals surface area contributed by atoms with E-state index in [1.807, 2.05) is 0 Å².